The lowest BCUT2D eigenvalue weighted by atomic mass is 10.3. The normalized spacial score (nSPS) is 24.3. The van der Waals surface area contributed by atoms with Gasteiger partial charge in [-0.05, 0) is 6.92 Å². The van der Waals surface area contributed by atoms with Crippen LogP contribution < -0.4 is 10.6 Å². The molecule has 0 amide bonds. The monoisotopic (exact) mass is 238 g/mol. The number of methoxy groups -OCH3 is 2. The van der Waals surface area contributed by atoms with Crippen molar-refractivity contribution in [2.24, 2.45) is 0 Å². The molecule has 2 N–H and O–H groups in total. The van der Waals surface area contributed by atoms with E-state index >= 15 is 0 Å². The van der Waals surface area contributed by atoms with Gasteiger partial charge in [-0.3, -0.25) is 0 Å². The highest BCUT2D eigenvalue weighted by molar-refractivity contribution is 5.45. The number of aromatic nitrogens is 2. The summed E-state index contributed by atoms with van der Waals surface area (Å²) in [6.07, 6.45) is 0.132. The van der Waals surface area contributed by atoms with Crippen LogP contribution in [-0.2, 0) is 9.47 Å². The third-order valence-corrected chi connectivity index (χ3v) is 3.00. The Labute approximate surface area is 101 Å². The summed E-state index contributed by atoms with van der Waals surface area (Å²) in [5.41, 5.74) is 6.51. The van der Waals surface area contributed by atoms with E-state index in [1.165, 1.54) is 0 Å². The van der Waals surface area contributed by atoms with E-state index in [4.69, 9.17) is 15.2 Å². The van der Waals surface area contributed by atoms with Crippen molar-refractivity contribution in [3.63, 3.8) is 0 Å². The SMILES string of the molecule is COC1CN(c2cc(C)nc(N)n2)CC1OC. The van der Waals surface area contributed by atoms with Gasteiger partial charge in [0.2, 0.25) is 5.95 Å². The van der Waals surface area contributed by atoms with Gasteiger partial charge in [-0.25, -0.2) is 4.98 Å². The summed E-state index contributed by atoms with van der Waals surface area (Å²) in [7, 11) is 3.39. The molecule has 2 heterocycles. The molecule has 94 valence electrons. The van der Waals surface area contributed by atoms with E-state index in [2.05, 4.69) is 14.9 Å². The van der Waals surface area contributed by atoms with E-state index in [0.717, 1.165) is 24.6 Å². The van der Waals surface area contributed by atoms with Gasteiger partial charge in [0.1, 0.15) is 18.0 Å². The van der Waals surface area contributed by atoms with E-state index in [1.807, 2.05) is 13.0 Å². The molecular weight excluding hydrogens is 220 g/mol. The number of aryl methyl sites for hydroxylation is 1. The molecule has 1 fully saturated rings. The van der Waals surface area contributed by atoms with E-state index < -0.39 is 0 Å². The molecule has 0 spiro atoms. The third-order valence-electron chi connectivity index (χ3n) is 3.00. The summed E-state index contributed by atoms with van der Waals surface area (Å²) in [5, 5.41) is 0. The summed E-state index contributed by atoms with van der Waals surface area (Å²) in [5.74, 6) is 1.13. The first kappa shape index (κ1) is 12.1. The molecule has 6 heteroatoms. The topological polar surface area (TPSA) is 73.5 Å². The Bertz CT molecular complexity index is 367. The number of nitrogens with zero attached hydrogens (tertiary/aromatic N) is 3. The van der Waals surface area contributed by atoms with Crippen molar-refractivity contribution in [2.45, 2.75) is 19.1 Å². The van der Waals surface area contributed by atoms with E-state index in [0.29, 0.717) is 5.95 Å². The molecule has 17 heavy (non-hydrogen) atoms. The number of rotatable bonds is 3. The minimum absolute atomic E-state index is 0.0662. The first-order chi connectivity index (χ1) is 8.13. The fraction of sp³-hybridized carbons (Fsp3) is 0.636. The average molecular weight is 238 g/mol. The van der Waals surface area contributed by atoms with Crippen molar-refractivity contribution in [3.8, 4) is 0 Å². The second-order valence-corrected chi connectivity index (χ2v) is 4.18. The van der Waals surface area contributed by atoms with Gasteiger partial charge in [-0.2, -0.15) is 4.98 Å². The van der Waals surface area contributed by atoms with Crippen molar-refractivity contribution >= 4 is 11.8 Å². The van der Waals surface area contributed by atoms with E-state index in [-0.39, 0.29) is 12.2 Å². The summed E-state index contributed by atoms with van der Waals surface area (Å²) in [6.45, 7) is 3.41. The first-order valence-corrected chi connectivity index (χ1v) is 5.55. The fourth-order valence-electron chi connectivity index (χ4n) is 2.12. The van der Waals surface area contributed by atoms with Gasteiger partial charge in [0.25, 0.3) is 0 Å². The van der Waals surface area contributed by atoms with Gasteiger partial charge in [-0.15, -0.1) is 0 Å². The van der Waals surface area contributed by atoms with Gasteiger partial charge in [0.05, 0.1) is 0 Å². The molecule has 1 aromatic rings. The molecule has 1 aromatic heterocycles. The van der Waals surface area contributed by atoms with Crippen molar-refractivity contribution < 1.29 is 9.47 Å². The Hall–Kier alpha value is -1.40. The molecule has 2 unspecified atom stereocenters. The van der Waals surface area contributed by atoms with Crippen LogP contribution in [0, 0.1) is 6.92 Å². The minimum atomic E-state index is 0.0662. The average Bonchev–Trinajstić information content (AvgIpc) is 2.70. The number of ether oxygens (including phenoxy) is 2. The van der Waals surface area contributed by atoms with E-state index in [1.54, 1.807) is 14.2 Å². The zero-order chi connectivity index (χ0) is 12.4. The van der Waals surface area contributed by atoms with Gasteiger partial charge in [0, 0.05) is 39.1 Å². The molecule has 1 aliphatic rings. The number of hydrogen-bond acceptors (Lipinski definition) is 6. The Balaban J connectivity index is 2.18. The molecule has 0 radical (unpaired) electrons. The second kappa shape index (κ2) is 4.85. The number of anilines is 2. The highest BCUT2D eigenvalue weighted by atomic mass is 16.5. The highest BCUT2D eigenvalue weighted by Gasteiger charge is 2.33. The van der Waals surface area contributed by atoms with Gasteiger partial charge in [-0.1, -0.05) is 0 Å². The molecule has 2 atom stereocenters. The Morgan fingerprint density at radius 2 is 1.82 bits per heavy atom. The maximum atomic E-state index is 5.65. The zero-order valence-electron chi connectivity index (χ0n) is 10.4. The molecule has 0 saturated carbocycles. The van der Waals surface area contributed by atoms with Crippen LogP contribution in [0.2, 0.25) is 0 Å². The Kier molecular flexibility index (Phi) is 3.44. The van der Waals surface area contributed by atoms with Crippen molar-refractivity contribution in [2.75, 3.05) is 37.9 Å². The first-order valence-electron chi connectivity index (χ1n) is 5.55. The van der Waals surface area contributed by atoms with Crippen molar-refractivity contribution in [1.82, 2.24) is 9.97 Å². The van der Waals surface area contributed by atoms with Gasteiger partial charge >= 0.3 is 0 Å². The van der Waals surface area contributed by atoms with Gasteiger partial charge in [0.15, 0.2) is 0 Å². The van der Waals surface area contributed by atoms with Crippen LogP contribution in [0.25, 0.3) is 0 Å². The molecule has 0 bridgehead atoms. The van der Waals surface area contributed by atoms with Crippen LogP contribution >= 0.6 is 0 Å². The molecule has 1 aliphatic heterocycles. The summed E-state index contributed by atoms with van der Waals surface area (Å²) < 4.78 is 10.8. The van der Waals surface area contributed by atoms with Crippen LogP contribution in [0.15, 0.2) is 6.07 Å². The van der Waals surface area contributed by atoms with Gasteiger partial charge < -0.3 is 20.1 Å². The summed E-state index contributed by atoms with van der Waals surface area (Å²) >= 11 is 0. The molecule has 0 aliphatic carbocycles. The number of hydrogen-bond donors (Lipinski definition) is 1. The largest absolute Gasteiger partial charge is 0.377 e. The van der Waals surface area contributed by atoms with Crippen molar-refractivity contribution in [3.05, 3.63) is 11.8 Å². The Morgan fingerprint density at radius 1 is 1.24 bits per heavy atom. The second-order valence-electron chi connectivity index (χ2n) is 4.18. The minimum Gasteiger partial charge on any atom is -0.377 e. The van der Waals surface area contributed by atoms with Crippen LogP contribution in [0.3, 0.4) is 0 Å². The smallest absolute Gasteiger partial charge is 0.222 e. The number of nitrogen functional groups attached to an aromatic ring is 1. The molecule has 1 saturated heterocycles. The molecular formula is C11H18N4O2. The molecule has 6 nitrogen and oxygen atoms in total. The quantitative estimate of drug-likeness (QED) is 0.812. The standard InChI is InChI=1S/C11H18N4O2/c1-7-4-10(14-11(12)13-7)15-5-8(16-2)9(6-15)17-3/h4,8-9H,5-6H2,1-3H3,(H2,12,13,14). The predicted octanol–water partition coefficient (Wildman–Crippen LogP) is 0.217. The maximum absolute atomic E-state index is 5.65. The summed E-state index contributed by atoms with van der Waals surface area (Å²) in [4.78, 5) is 10.4. The number of nitrogens with two attached hydrogens (primary N) is 1. The van der Waals surface area contributed by atoms with E-state index in [9.17, 15) is 0 Å². The van der Waals surface area contributed by atoms with Crippen LogP contribution in [0.1, 0.15) is 5.69 Å². The molecule has 2 rings (SSSR count). The van der Waals surface area contributed by atoms with Crippen molar-refractivity contribution in [1.29, 1.82) is 0 Å². The van der Waals surface area contributed by atoms with Crippen LogP contribution in [0.5, 0.6) is 0 Å². The zero-order valence-corrected chi connectivity index (χ0v) is 10.4. The molecule has 0 aromatic carbocycles. The predicted molar refractivity (Wildman–Crippen MR) is 65.0 cm³/mol. The maximum Gasteiger partial charge on any atom is 0.222 e. The lowest BCUT2D eigenvalue weighted by Gasteiger charge is -2.17. The fourth-order valence-corrected chi connectivity index (χ4v) is 2.12. The summed E-state index contributed by atoms with van der Waals surface area (Å²) in [6, 6.07) is 1.92. The van der Waals surface area contributed by atoms with Crippen LogP contribution in [0.4, 0.5) is 11.8 Å². The lowest BCUT2D eigenvalue weighted by Crippen LogP contribution is -2.27. The lowest BCUT2D eigenvalue weighted by molar-refractivity contribution is -0.00461. The van der Waals surface area contributed by atoms with Crippen LogP contribution in [-0.4, -0.2) is 49.5 Å². The highest BCUT2D eigenvalue weighted by Crippen LogP contribution is 2.22. The third kappa shape index (κ3) is 2.48. The Morgan fingerprint density at radius 3 is 2.29 bits per heavy atom.